The van der Waals surface area contributed by atoms with Gasteiger partial charge in [0.15, 0.2) is 5.82 Å². The van der Waals surface area contributed by atoms with Crippen molar-refractivity contribution >= 4 is 11.6 Å². The number of para-hydroxylation sites is 1. The molecule has 0 aliphatic rings. The molecule has 3 aromatic carbocycles. The van der Waals surface area contributed by atoms with Gasteiger partial charge in [0.1, 0.15) is 11.5 Å². The van der Waals surface area contributed by atoms with Crippen LogP contribution in [0.4, 0.5) is 0 Å². The highest BCUT2D eigenvalue weighted by atomic mass is 35.5. The lowest BCUT2D eigenvalue weighted by Crippen LogP contribution is -2.15. The van der Waals surface area contributed by atoms with E-state index in [9.17, 15) is 4.79 Å². The molecule has 0 atom stereocenters. The van der Waals surface area contributed by atoms with Gasteiger partial charge in [0, 0.05) is 10.6 Å². The van der Waals surface area contributed by atoms with Crippen molar-refractivity contribution < 1.29 is 4.74 Å². The van der Waals surface area contributed by atoms with E-state index in [1.54, 1.807) is 24.3 Å². The lowest BCUT2D eigenvalue weighted by atomic mass is 10.2. The van der Waals surface area contributed by atoms with Crippen molar-refractivity contribution in [2.45, 2.75) is 0 Å². The summed E-state index contributed by atoms with van der Waals surface area (Å²) < 4.78 is 7.29. The Morgan fingerprint density at radius 2 is 1.50 bits per heavy atom. The van der Waals surface area contributed by atoms with Crippen molar-refractivity contribution in [3.8, 4) is 28.6 Å². The lowest BCUT2D eigenvalue weighted by Gasteiger charge is -2.08. The maximum absolute atomic E-state index is 12.2. The van der Waals surface area contributed by atoms with Crippen LogP contribution in [0.3, 0.4) is 0 Å². The van der Waals surface area contributed by atoms with Gasteiger partial charge in [0.05, 0.1) is 5.69 Å². The van der Waals surface area contributed by atoms with Gasteiger partial charge in [0.25, 0.3) is 0 Å². The number of halogens is 1. The summed E-state index contributed by atoms with van der Waals surface area (Å²) >= 11 is 5.93. The van der Waals surface area contributed by atoms with E-state index in [0.29, 0.717) is 22.3 Å². The smallest absolute Gasteiger partial charge is 0.348 e. The average Bonchev–Trinajstić information content (AvgIpc) is 3.05. The molecule has 0 aliphatic heterocycles. The normalized spacial score (nSPS) is 10.7. The summed E-state index contributed by atoms with van der Waals surface area (Å²) in [5.74, 6) is 1.98. The Labute approximate surface area is 154 Å². The molecule has 4 aromatic rings. The highest BCUT2D eigenvalue weighted by Crippen LogP contribution is 2.25. The predicted octanol–water partition coefficient (Wildman–Crippen LogP) is 4.67. The third-order valence-electron chi connectivity index (χ3n) is 3.85. The minimum Gasteiger partial charge on any atom is -0.457 e. The van der Waals surface area contributed by atoms with E-state index < -0.39 is 0 Å². The van der Waals surface area contributed by atoms with Crippen LogP contribution in [0.15, 0.2) is 83.7 Å². The van der Waals surface area contributed by atoms with Crippen molar-refractivity contribution in [3.63, 3.8) is 0 Å². The van der Waals surface area contributed by atoms with Crippen LogP contribution in [0.25, 0.3) is 17.1 Å². The van der Waals surface area contributed by atoms with Crippen molar-refractivity contribution in [2.24, 2.45) is 0 Å². The van der Waals surface area contributed by atoms with Crippen molar-refractivity contribution in [1.29, 1.82) is 0 Å². The van der Waals surface area contributed by atoms with Gasteiger partial charge in [-0.25, -0.2) is 14.5 Å². The molecule has 0 bridgehead atoms. The maximum atomic E-state index is 12.2. The molecule has 0 fully saturated rings. The molecule has 1 heterocycles. The second kappa shape index (κ2) is 6.90. The molecular formula is C20H14ClN3O2. The number of rotatable bonds is 4. The topological polar surface area (TPSA) is 59.9 Å². The number of hydrogen-bond donors (Lipinski definition) is 1. The summed E-state index contributed by atoms with van der Waals surface area (Å²) in [6.07, 6.45) is 0. The minimum atomic E-state index is -0.313. The third-order valence-corrected chi connectivity index (χ3v) is 4.10. The van der Waals surface area contributed by atoms with E-state index in [-0.39, 0.29) is 5.69 Å². The zero-order valence-corrected chi connectivity index (χ0v) is 14.4. The highest BCUT2D eigenvalue weighted by Gasteiger charge is 2.12. The first-order chi connectivity index (χ1) is 12.7. The van der Waals surface area contributed by atoms with Crippen LogP contribution in [0.2, 0.25) is 5.02 Å². The van der Waals surface area contributed by atoms with Crippen molar-refractivity contribution in [1.82, 2.24) is 14.8 Å². The monoisotopic (exact) mass is 363 g/mol. The van der Waals surface area contributed by atoms with E-state index in [1.807, 2.05) is 54.6 Å². The first-order valence-electron chi connectivity index (χ1n) is 7.97. The van der Waals surface area contributed by atoms with E-state index in [0.717, 1.165) is 11.3 Å². The van der Waals surface area contributed by atoms with Gasteiger partial charge in [-0.3, -0.25) is 0 Å². The van der Waals surface area contributed by atoms with Gasteiger partial charge in [-0.1, -0.05) is 29.8 Å². The predicted molar refractivity (Wildman–Crippen MR) is 101 cm³/mol. The molecule has 26 heavy (non-hydrogen) atoms. The summed E-state index contributed by atoms with van der Waals surface area (Å²) in [4.78, 5) is 12.2. The lowest BCUT2D eigenvalue weighted by molar-refractivity contribution is 0.483. The molecule has 0 spiro atoms. The molecule has 5 nitrogen and oxygen atoms in total. The van der Waals surface area contributed by atoms with Crippen LogP contribution >= 0.6 is 11.6 Å². The molecule has 1 N–H and O–H groups in total. The van der Waals surface area contributed by atoms with Gasteiger partial charge in [0.2, 0.25) is 0 Å². The second-order valence-electron chi connectivity index (χ2n) is 5.60. The Hall–Kier alpha value is -3.31. The first kappa shape index (κ1) is 16.2. The van der Waals surface area contributed by atoms with Crippen LogP contribution < -0.4 is 10.4 Å². The number of H-pyrrole nitrogens is 1. The fraction of sp³-hybridized carbons (Fsp3) is 0. The van der Waals surface area contributed by atoms with E-state index in [2.05, 4.69) is 10.2 Å². The molecule has 128 valence electrons. The Kier molecular flexibility index (Phi) is 4.29. The molecule has 6 heteroatoms. The van der Waals surface area contributed by atoms with Gasteiger partial charge in [-0.2, -0.15) is 5.10 Å². The van der Waals surface area contributed by atoms with Gasteiger partial charge >= 0.3 is 5.69 Å². The Balaban J connectivity index is 1.66. The molecule has 1 aromatic heterocycles. The highest BCUT2D eigenvalue weighted by molar-refractivity contribution is 6.30. The third kappa shape index (κ3) is 3.25. The Bertz CT molecular complexity index is 1070. The van der Waals surface area contributed by atoms with E-state index in [4.69, 9.17) is 16.3 Å². The maximum Gasteiger partial charge on any atom is 0.348 e. The summed E-state index contributed by atoms with van der Waals surface area (Å²) in [7, 11) is 0. The first-order valence-corrected chi connectivity index (χ1v) is 8.35. The fourth-order valence-electron chi connectivity index (χ4n) is 2.62. The molecule has 0 unspecified atom stereocenters. The number of nitrogens with one attached hydrogen (secondary N) is 1. The Morgan fingerprint density at radius 1 is 0.846 bits per heavy atom. The van der Waals surface area contributed by atoms with Crippen LogP contribution in [0.5, 0.6) is 11.5 Å². The molecule has 0 amide bonds. The SMILES string of the molecule is O=c1[nH]nc(-c2ccc(Oc3ccccc3)cc2)n1-c1ccc(Cl)cc1. The zero-order chi connectivity index (χ0) is 17.9. The number of hydrogen-bond acceptors (Lipinski definition) is 3. The minimum absolute atomic E-state index is 0.313. The largest absolute Gasteiger partial charge is 0.457 e. The van der Waals surface area contributed by atoms with Crippen LogP contribution in [-0.4, -0.2) is 14.8 Å². The second-order valence-corrected chi connectivity index (χ2v) is 6.04. The quantitative estimate of drug-likeness (QED) is 0.573. The standard InChI is InChI=1S/C20H14ClN3O2/c21-15-8-10-16(11-9-15)24-19(22-23-20(24)25)14-6-12-18(13-7-14)26-17-4-2-1-3-5-17/h1-13H,(H,23,25). The zero-order valence-electron chi connectivity index (χ0n) is 13.6. The number of aromatic amines is 1. The summed E-state index contributed by atoms with van der Waals surface area (Å²) in [6.45, 7) is 0. The number of ether oxygens (including phenoxy) is 1. The van der Waals surface area contributed by atoms with Gasteiger partial charge in [-0.05, 0) is 60.7 Å². The average molecular weight is 364 g/mol. The fourth-order valence-corrected chi connectivity index (χ4v) is 2.74. The molecule has 4 rings (SSSR count). The van der Waals surface area contributed by atoms with Crippen LogP contribution in [0.1, 0.15) is 0 Å². The van der Waals surface area contributed by atoms with E-state index in [1.165, 1.54) is 4.57 Å². The molecule has 0 saturated heterocycles. The van der Waals surface area contributed by atoms with Crippen molar-refractivity contribution in [3.05, 3.63) is 94.4 Å². The van der Waals surface area contributed by atoms with Gasteiger partial charge < -0.3 is 4.74 Å². The number of nitrogens with zero attached hydrogens (tertiary/aromatic N) is 2. The Morgan fingerprint density at radius 3 is 2.19 bits per heavy atom. The number of benzene rings is 3. The molecule has 0 saturated carbocycles. The summed E-state index contributed by atoms with van der Waals surface area (Å²) in [5.41, 5.74) is 1.17. The van der Waals surface area contributed by atoms with Crippen LogP contribution in [-0.2, 0) is 0 Å². The molecule has 0 aliphatic carbocycles. The van der Waals surface area contributed by atoms with Gasteiger partial charge in [-0.15, -0.1) is 0 Å². The van der Waals surface area contributed by atoms with E-state index >= 15 is 0 Å². The number of aromatic nitrogens is 3. The van der Waals surface area contributed by atoms with Crippen LogP contribution in [0, 0.1) is 0 Å². The summed E-state index contributed by atoms with van der Waals surface area (Å²) in [5, 5.41) is 7.25. The molecule has 0 radical (unpaired) electrons. The molecular weight excluding hydrogens is 350 g/mol. The summed E-state index contributed by atoms with van der Waals surface area (Å²) in [6, 6.07) is 24.0. The van der Waals surface area contributed by atoms with Crippen molar-refractivity contribution in [2.75, 3.05) is 0 Å².